The van der Waals surface area contributed by atoms with Crippen molar-refractivity contribution < 1.29 is 18.7 Å². The van der Waals surface area contributed by atoms with E-state index in [1.54, 1.807) is 36.3 Å². The fourth-order valence-electron chi connectivity index (χ4n) is 4.68. The molecular formula is C30H29NO5. The number of hydrogen-bond acceptors (Lipinski definition) is 5. The van der Waals surface area contributed by atoms with Crippen LogP contribution in [0.3, 0.4) is 0 Å². The number of unbranched alkanes of at least 4 members (excludes halogenated alkanes) is 1. The lowest BCUT2D eigenvalue weighted by Crippen LogP contribution is -2.29. The summed E-state index contributed by atoms with van der Waals surface area (Å²) in [5.74, 6) is 0.907. The Bertz CT molecular complexity index is 1520. The van der Waals surface area contributed by atoms with E-state index in [0.717, 1.165) is 29.5 Å². The summed E-state index contributed by atoms with van der Waals surface area (Å²) in [6.07, 6.45) is 1.96. The van der Waals surface area contributed by atoms with Crippen LogP contribution in [-0.2, 0) is 0 Å². The summed E-state index contributed by atoms with van der Waals surface area (Å²) in [7, 11) is 1.59. The molecule has 0 spiro atoms. The van der Waals surface area contributed by atoms with E-state index in [1.807, 2.05) is 50.2 Å². The minimum Gasteiger partial charge on any atom is -0.493 e. The molecule has 0 radical (unpaired) electrons. The predicted octanol–water partition coefficient (Wildman–Crippen LogP) is 6.35. The average Bonchev–Trinajstić information content (AvgIpc) is 3.18. The summed E-state index contributed by atoms with van der Waals surface area (Å²) in [5.41, 5.74) is 4.13. The van der Waals surface area contributed by atoms with Gasteiger partial charge in [0.05, 0.1) is 30.7 Å². The Kier molecular flexibility index (Phi) is 6.27. The van der Waals surface area contributed by atoms with Crippen molar-refractivity contribution in [1.29, 1.82) is 0 Å². The highest BCUT2D eigenvalue weighted by Crippen LogP contribution is 2.43. The zero-order chi connectivity index (χ0) is 25.4. The minimum absolute atomic E-state index is 0.0733. The van der Waals surface area contributed by atoms with Crippen molar-refractivity contribution in [1.82, 2.24) is 0 Å². The second-order valence-electron chi connectivity index (χ2n) is 9.13. The Labute approximate surface area is 210 Å². The van der Waals surface area contributed by atoms with Crippen molar-refractivity contribution in [3.63, 3.8) is 0 Å². The fraction of sp³-hybridized carbons (Fsp3) is 0.267. The predicted molar refractivity (Wildman–Crippen MR) is 140 cm³/mol. The van der Waals surface area contributed by atoms with Crippen LogP contribution in [0.4, 0.5) is 5.69 Å². The standard InChI is InChI=1S/C30H29NO5/c1-5-6-15-35-24-14-12-20(17-25(24)34-4)27-26-28(32)22-9-7-8-10-23(22)36-29(26)30(33)31(27)21-13-11-18(2)19(3)16-21/h7-14,16-17,27H,5-6,15H2,1-4H3. The molecule has 0 N–H and O–H groups in total. The van der Waals surface area contributed by atoms with Crippen LogP contribution in [0.15, 0.2) is 69.9 Å². The maximum atomic E-state index is 13.8. The van der Waals surface area contributed by atoms with Gasteiger partial charge in [-0.1, -0.05) is 37.6 Å². The molecule has 0 fully saturated rings. The van der Waals surface area contributed by atoms with E-state index in [9.17, 15) is 9.59 Å². The van der Waals surface area contributed by atoms with Crippen LogP contribution in [0.2, 0.25) is 0 Å². The molecule has 184 valence electrons. The molecule has 3 aromatic carbocycles. The van der Waals surface area contributed by atoms with Gasteiger partial charge >= 0.3 is 0 Å². The summed E-state index contributed by atoms with van der Waals surface area (Å²) in [4.78, 5) is 29.2. The van der Waals surface area contributed by atoms with Crippen LogP contribution in [0, 0.1) is 13.8 Å². The van der Waals surface area contributed by atoms with E-state index in [0.29, 0.717) is 40.3 Å². The van der Waals surface area contributed by atoms with E-state index >= 15 is 0 Å². The molecule has 0 saturated heterocycles. The number of benzene rings is 3. The monoisotopic (exact) mass is 483 g/mol. The van der Waals surface area contributed by atoms with Crippen molar-refractivity contribution in [2.24, 2.45) is 0 Å². The highest BCUT2D eigenvalue weighted by atomic mass is 16.5. The second kappa shape index (κ2) is 9.53. The first-order valence-electron chi connectivity index (χ1n) is 12.2. The maximum Gasteiger partial charge on any atom is 0.295 e. The Morgan fingerprint density at radius 2 is 1.75 bits per heavy atom. The van der Waals surface area contributed by atoms with E-state index in [4.69, 9.17) is 13.9 Å². The van der Waals surface area contributed by atoms with Gasteiger partial charge in [-0.15, -0.1) is 0 Å². The van der Waals surface area contributed by atoms with E-state index in [2.05, 4.69) is 6.92 Å². The van der Waals surface area contributed by atoms with Gasteiger partial charge in [0.15, 0.2) is 16.9 Å². The van der Waals surface area contributed by atoms with Crippen molar-refractivity contribution >= 4 is 22.6 Å². The summed E-state index contributed by atoms with van der Waals surface area (Å²) in [6.45, 7) is 6.72. The second-order valence-corrected chi connectivity index (χ2v) is 9.13. The van der Waals surface area contributed by atoms with E-state index < -0.39 is 6.04 Å². The molecule has 1 amide bonds. The topological polar surface area (TPSA) is 69.0 Å². The minimum atomic E-state index is -0.672. The molecule has 0 saturated carbocycles. The molecule has 1 aromatic heterocycles. The third-order valence-electron chi connectivity index (χ3n) is 6.81. The Morgan fingerprint density at radius 3 is 2.50 bits per heavy atom. The first-order valence-corrected chi connectivity index (χ1v) is 12.2. The summed E-state index contributed by atoms with van der Waals surface area (Å²) < 4.78 is 17.6. The van der Waals surface area contributed by atoms with E-state index in [-0.39, 0.29) is 17.1 Å². The van der Waals surface area contributed by atoms with Crippen LogP contribution >= 0.6 is 0 Å². The fourth-order valence-corrected chi connectivity index (χ4v) is 4.68. The maximum absolute atomic E-state index is 13.8. The Morgan fingerprint density at radius 1 is 0.944 bits per heavy atom. The number of rotatable bonds is 7. The van der Waals surface area contributed by atoms with Gasteiger partial charge in [-0.2, -0.15) is 0 Å². The SMILES string of the molecule is CCCCOc1ccc(C2c3c(oc4ccccc4c3=O)C(=O)N2c2ccc(C)c(C)c2)cc1OC. The molecule has 1 aliphatic heterocycles. The highest BCUT2D eigenvalue weighted by Gasteiger charge is 2.44. The summed E-state index contributed by atoms with van der Waals surface area (Å²) >= 11 is 0. The van der Waals surface area contributed by atoms with Crippen LogP contribution in [-0.4, -0.2) is 19.6 Å². The zero-order valence-electron chi connectivity index (χ0n) is 21.0. The largest absolute Gasteiger partial charge is 0.493 e. The van der Waals surface area contributed by atoms with Crippen molar-refractivity contribution in [2.75, 3.05) is 18.6 Å². The number of aryl methyl sites for hydroxylation is 2. The molecule has 1 aliphatic rings. The smallest absolute Gasteiger partial charge is 0.295 e. The van der Waals surface area contributed by atoms with Gasteiger partial charge in [-0.05, 0) is 73.4 Å². The lowest BCUT2D eigenvalue weighted by molar-refractivity contribution is 0.0971. The van der Waals surface area contributed by atoms with Crippen molar-refractivity contribution in [2.45, 2.75) is 39.7 Å². The number of carbonyl (C=O) groups excluding carboxylic acids is 1. The van der Waals surface area contributed by atoms with Gasteiger partial charge in [0, 0.05) is 5.69 Å². The van der Waals surface area contributed by atoms with Crippen molar-refractivity contribution in [3.8, 4) is 11.5 Å². The van der Waals surface area contributed by atoms with Crippen LogP contribution < -0.4 is 19.8 Å². The van der Waals surface area contributed by atoms with Crippen LogP contribution in [0.25, 0.3) is 11.0 Å². The molecule has 5 rings (SSSR count). The molecule has 4 aromatic rings. The van der Waals surface area contributed by atoms with Gasteiger partial charge in [0.1, 0.15) is 5.58 Å². The Balaban J connectivity index is 1.71. The van der Waals surface area contributed by atoms with Crippen molar-refractivity contribution in [3.05, 3.63) is 98.9 Å². The number of ether oxygens (including phenoxy) is 2. The normalized spacial score (nSPS) is 14.8. The Hall–Kier alpha value is -4.06. The molecular weight excluding hydrogens is 454 g/mol. The molecule has 6 nitrogen and oxygen atoms in total. The first-order chi connectivity index (χ1) is 17.4. The number of methoxy groups -OCH3 is 1. The number of amides is 1. The number of anilines is 1. The number of nitrogens with zero attached hydrogens (tertiary/aromatic N) is 1. The number of para-hydroxylation sites is 1. The molecule has 1 atom stereocenters. The molecule has 0 bridgehead atoms. The van der Waals surface area contributed by atoms with Gasteiger partial charge in [0.2, 0.25) is 5.76 Å². The molecule has 6 heteroatoms. The first kappa shape index (κ1) is 23.7. The zero-order valence-corrected chi connectivity index (χ0v) is 21.0. The molecule has 36 heavy (non-hydrogen) atoms. The van der Waals surface area contributed by atoms with Crippen LogP contribution in [0.1, 0.15) is 58.6 Å². The quantitative estimate of drug-likeness (QED) is 0.287. The summed E-state index contributed by atoms with van der Waals surface area (Å²) in [6, 6.07) is 17.8. The third kappa shape index (κ3) is 3.92. The number of hydrogen-bond donors (Lipinski definition) is 0. The third-order valence-corrected chi connectivity index (χ3v) is 6.81. The lowest BCUT2D eigenvalue weighted by Gasteiger charge is -2.26. The molecule has 0 aliphatic carbocycles. The highest BCUT2D eigenvalue weighted by molar-refractivity contribution is 6.10. The average molecular weight is 484 g/mol. The van der Waals surface area contributed by atoms with Gasteiger partial charge in [-0.25, -0.2) is 0 Å². The number of fused-ring (bicyclic) bond motifs is 2. The van der Waals surface area contributed by atoms with Gasteiger partial charge in [0.25, 0.3) is 5.91 Å². The van der Waals surface area contributed by atoms with Gasteiger partial charge < -0.3 is 13.9 Å². The number of carbonyl (C=O) groups is 1. The van der Waals surface area contributed by atoms with E-state index in [1.165, 1.54) is 0 Å². The summed E-state index contributed by atoms with van der Waals surface area (Å²) in [5, 5.41) is 0.447. The lowest BCUT2D eigenvalue weighted by atomic mass is 9.97. The van der Waals surface area contributed by atoms with Gasteiger partial charge in [-0.3, -0.25) is 14.5 Å². The molecule has 2 heterocycles. The molecule has 1 unspecified atom stereocenters. The van der Waals surface area contributed by atoms with Crippen LogP contribution in [0.5, 0.6) is 11.5 Å².